The number of nitrogens with zero attached hydrogens (tertiary/aromatic N) is 2. The molecule has 2 rings (SSSR count). The van der Waals surface area contributed by atoms with Crippen LogP contribution in [0.4, 0.5) is 11.4 Å². The lowest BCUT2D eigenvalue weighted by molar-refractivity contribution is -0.384. The van der Waals surface area contributed by atoms with E-state index in [1.807, 2.05) is 44.2 Å². The summed E-state index contributed by atoms with van der Waals surface area (Å²) in [6.45, 7) is 5.07. The van der Waals surface area contributed by atoms with Gasteiger partial charge in [-0.3, -0.25) is 14.9 Å². The molecule has 24 heavy (non-hydrogen) atoms. The van der Waals surface area contributed by atoms with Crippen LogP contribution in [0.2, 0.25) is 0 Å². The Morgan fingerprint density at radius 1 is 1.12 bits per heavy atom. The van der Waals surface area contributed by atoms with Crippen molar-refractivity contribution in [3.05, 3.63) is 70.3 Å². The van der Waals surface area contributed by atoms with Gasteiger partial charge in [-0.05, 0) is 25.5 Å². The number of rotatable bonds is 7. The van der Waals surface area contributed by atoms with E-state index in [2.05, 4.69) is 5.32 Å². The molecule has 0 saturated carbocycles. The molecule has 6 nitrogen and oxygen atoms in total. The monoisotopic (exact) mass is 327 g/mol. The van der Waals surface area contributed by atoms with Crippen LogP contribution in [0.1, 0.15) is 25.5 Å². The first-order chi connectivity index (χ1) is 11.6. The van der Waals surface area contributed by atoms with Gasteiger partial charge in [-0.25, -0.2) is 0 Å². The fourth-order valence-corrected chi connectivity index (χ4v) is 2.53. The highest BCUT2D eigenvalue weighted by Gasteiger charge is 2.24. The first-order valence-corrected chi connectivity index (χ1v) is 7.91. The van der Waals surface area contributed by atoms with E-state index in [4.69, 9.17) is 0 Å². The number of carbonyl (C=O) groups excluding carboxylic acids is 1. The summed E-state index contributed by atoms with van der Waals surface area (Å²) in [6, 6.07) is 15.0. The minimum atomic E-state index is -0.590. The van der Waals surface area contributed by atoms with Gasteiger partial charge in [-0.15, -0.1) is 0 Å². The van der Waals surface area contributed by atoms with Gasteiger partial charge in [0.05, 0.1) is 4.92 Å². The summed E-state index contributed by atoms with van der Waals surface area (Å²) in [5.41, 5.74) is 1.35. The number of nitrogens with one attached hydrogen (secondary N) is 1. The van der Waals surface area contributed by atoms with Gasteiger partial charge in [-0.2, -0.15) is 0 Å². The van der Waals surface area contributed by atoms with Crippen LogP contribution < -0.4 is 5.32 Å². The molecule has 1 N–H and O–H groups in total. The molecule has 0 fully saturated rings. The maximum absolute atomic E-state index is 12.9. The zero-order valence-electron chi connectivity index (χ0n) is 13.8. The maximum Gasteiger partial charge on any atom is 0.271 e. The molecule has 0 radical (unpaired) electrons. The average Bonchev–Trinajstić information content (AvgIpc) is 2.61. The van der Waals surface area contributed by atoms with Crippen molar-refractivity contribution in [2.75, 3.05) is 18.4 Å². The van der Waals surface area contributed by atoms with Crippen LogP contribution in [0.15, 0.2) is 54.6 Å². The Balaban J connectivity index is 2.34. The molecule has 0 aromatic heterocycles. The van der Waals surface area contributed by atoms with Crippen LogP contribution in [0, 0.1) is 10.1 Å². The number of nitro groups is 1. The van der Waals surface area contributed by atoms with E-state index in [0.717, 1.165) is 5.56 Å². The fourth-order valence-electron chi connectivity index (χ4n) is 2.53. The molecule has 126 valence electrons. The third kappa shape index (κ3) is 4.10. The Hall–Kier alpha value is -2.89. The molecule has 0 aliphatic heterocycles. The number of hydrogen-bond acceptors (Lipinski definition) is 4. The highest BCUT2D eigenvalue weighted by molar-refractivity contribution is 5.86. The summed E-state index contributed by atoms with van der Waals surface area (Å²) in [4.78, 5) is 25.1. The van der Waals surface area contributed by atoms with Gasteiger partial charge in [0, 0.05) is 30.9 Å². The third-order valence-corrected chi connectivity index (χ3v) is 3.82. The first kappa shape index (κ1) is 17.5. The highest BCUT2D eigenvalue weighted by Crippen LogP contribution is 2.24. The number of amides is 1. The Bertz CT molecular complexity index is 700. The number of carbonyl (C=O) groups is 1. The van der Waals surface area contributed by atoms with E-state index in [0.29, 0.717) is 18.8 Å². The van der Waals surface area contributed by atoms with Gasteiger partial charge < -0.3 is 10.2 Å². The van der Waals surface area contributed by atoms with E-state index >= 15 is 0 Å². The first-order valence-electron chi connectivity index (χ1n) is 7.91. The number of hydrogen-bond donors (Lipinski definition) is 1. The van der Waals surface area contributed by atoms with Crippen LogP contribution in [0.3, 0.4) is 0 Å². The molecular formula is C18H21N3O3. The van der Waals surface area contributed by atoms with Crippen LogP contribution in [-0.4, -0.2) is 28.8 Å². The topological polar surface area (TPSA) is 75.5 Å². The van der Waals surface area contributed by atoms with Gasteiger partial charge in [0.1, 0.15) is 6.04 Å². The molecule has 1 amide bonds. The Morgan fingerprint density at radius 3 is 2.38 bits per heavy atom. The standard InChI is InChI=1S/C18H21N3O3/c1-3-20(4-2)18(22)17(14-9-6-5-7-10-14)19-15-11-8-12-16(13-15)21(23)24/h5-13,17,19H,3-4H2,1-2H3/t17-/m0/s1. The molecule has 1 atom stereocenters. The average molecular weight is 327 g/mol. The van der Waals surface area contributed by atoms with Crippen molar-refractivity contribution in [2.24, 2.45) is 0 Å². The lowest BCUT2D eigenvalue weighted by atomic mass is 10.0. The minimum Gasteiger partial charge on any atom is -0.370 e. The molecular weight excluding hydrogens is 306 g/mol. The van der Waals surface area contributed by atoms with E-state index < -0.39 is 11.0 Å². The van der Waals surface area contributed by atoms with Gasteiger partial charge >= 0.3 is 0 Å². The Morgan fingerprint density at radius 2 is 1.79 bits per heavy atom. The molecule has 2 aromatic rings. The van der Waals surface area contributed by atoms with Crippen LogP contribution in [0.5, 0.6) is 0 Å². The van der Waals surface area contributed by atoms with Crippen molar-refractivity contribution in [3.63, 3.8) is 0 Å². The summed E-state index contributed by atoms with van der Waals surface area (Å²) >= 11 is 0. The summed E-state index contributed by atoms with van der Waals surface area (Å²) < 4.78 is 0. The molecule has 6 heteroatoms. The smallest absolute Gasteiger partial charge is 0.271 e. The van der Waals surface area contributed by atoms with Crippen molar-refractivity contribution in [3.8, 4) is 0 Å². The van der Waals surface area contributed by atoms with Gasteiger partial charge in [0.15, 0.2) is 0 Å². The highest BCUT2D eigenvalue weighted by atomic mass is 16.6. The maximum atomic E-state index is 12.9. The molecule has 0 saturated heterocycles. The van der Waals surface area contributed by atoms with Crippen molar-refractivity contribution in [1.82, 2.24) is 4.90 Å². The van der Waals surface area contributed by atoms with Gasteiger partial charge in [-0.1, -0.05) is 36.4 Å². The number of anilines is 1. The van der Waals surface area contributed by atoms with Crippen LogP contribution in [-0.2, 0) is 4.79 Å². The second-order valence-corrected chi connectivity index (χ2v) is 5.31. The van der Waals surface area contributed by atoms with Gasteiger partial charge in [0.25, 0.3) is 5.69 Å². The molecule has 0 unspecified atom stereocenters. The second-order valence-electron chi connectivity index (χ2n) is 5.31. The van der Waals surface area contributed by atoms with Crippen molar-refractivity contribution in [2.45, 2.75) is 19.9 Å². The quantitative estimate of drug-likeness (QED) is 0.622. The summed E-state index contributed by atoms with van der Waals surface area (Å²) in [7, 11) is 0. The van der Waals surface area contributed by atoms with Crippen molar-refractivity contribution < 1.29 is 9.72 Å². The predicted molar refractivity (Wildman–Crippen MR) is 93.8 cm³/mol. The van der Waals surface area contributed by atoms with Crippen LogP contribution >= 0.6 is 0 Å². The predicted octanol–water partition coefficient (Wildman–Crippen LogP) is 3.62. The lowest BCUT2D eigenvalue weighted by Crippen LogP contribution is -2.37. The molecule has 0 aliphatic carbocycles. The van der Waals surface area contributed by atoms with Gasteiger partial charge in [0.2, 0.25) is 5.91 Å². The Labute approximate surface area is 141 Å². The van der Waals surface area contributed by atoms with E-state index in [1.54, 1.807) is 17.0 Å². The third-order valence-electron chi connectivity index (χ3n) is 3.82. The number of nitro benzene ring substituents is 1. The van der Waals surface area contributed by atoms with Crippen molar-refractivity contribution in [1.29, 1.82) is 0 Å². The van der Waals surface area contributed by atoms with Crippen molar-refractivity contribution >= 4 is 17.3 Å². The molecule has 0 spiro atoms. The zero-order valence-corrected chi connectivity index (χ0v) is 13.8. The van der Waals surface area contributed by atoms with E-state index in [-0.39, 0.29) is 11.6 Å². The fraction of sp³-hybridized carbons (Fsp3) is 0.278. The lowest BCUT2D eigenvalue weighted by Gasteiger charge is -2.26. The number of likely N-dealkylation sites (N-methyl/N-ethyl adjacent to an activating group) is 1. The Kier molecular flexibility index (Phi) is 5.89. The van der Waals surface area contributed by atoms with E-state index in [1.165, 1.54) is 12.1 Å². The summed E-state index contributed by atoms with van der Waals surface area (Å²) in [5, 5.41) is 14.1. The van der Waals surface area contributed by atoms with Crippen LogP contribution in [0.25, 0.3) is 0 Å². The second kappa shape index (κ2) is 8.10. The molecule has 0 aliphatic rings. The summed E-state index contributed by atoms with van der Waals surface area (Å²) in [6.07, 6.45) is 0. The number of benzene rings is 2. The molecule has 0 bridgehead atoms. The number of non-ortho nitro benzene ring substituents is 1. The minimum absolute atomic E-state index is 0.0119. The normalized spacial score (nSPS) is 11.6. The zero-order chi connectivity index (χ0) is 17.5. The largest absolute Gasteiger partial charge is 0.370 e. The molecule has 0 heterocycles. The summed E-state index contributed by atoms with van der Waals surface area (Å²) in [5.74, 6) is -0.0577. The van der Waals surface area contributed by atoms with E-state index in [9.17, 15) is 14.9 Å². The SMILES string of the molecule is CCN(CC)C(=O)[C@@H](Nc1cccc([N+](=O)[O-])c1)c1ccccc1. The molecule has 2 aromatic carbocycles.